The topological polar surface area (TPSA) is 38.1 Å². The van der Waals surface area contributed by atoms with Crippen molar-refractivity contribution in [3.63, 3.8) is 0 Å². The van der Waals surface area contributed by atoms with Crippen molar-refractivity contribution >= 4 is 0 Å². The van der Waals surface area contributed by atoms with Gasteiger partial charge >= 0.3 is 0 Å². The second-order valence-electron chi connectivity index (χ2n) is 4.76. The number of phenols is 1. The highest BCUT2D eigenvalue weighted by Crippen LogP contribution is 2.22. The van der Waals surface area contributed by atoms with Gasteiger partial charge in [-0.05, 0) is 30.3 Å². The molecule has 0 amide bonds. The van der Waals surface area contributed by atoms with E-state index < -0.39 is 17.5 Å². The Kier molecular flexibility index (Phi) is 3.58. The van der Waals surface area contributed by atoms with Crippen LogP contribution in [0.15, 0.2) is 48.8 Å². The van der Waals surface area contributed by atoms with Gasteiger partial charge in [-0.15, -0.1) is 0 Å². The van der Waals surface area contributed by atoms with Crippen molar-refractivity contribution in [1.82, 2.24) is 9.55 Å². The highest BCUT2D eigenvalue weighted by Gasteiger charge is 2.15. The van der Waals surface area contributed by atoms with Crippen LogP contribution >= 0.6 is 0 Å². The maximum Gasteiger partial charge on any atom is 0.194 e. The normalized spacial score (nSPS) is 10.9. The molecule has 0 atom stereocenters. The molecule has 2 aromatic carbocycles. The molecule has 0 unspecified atom stereocenters. The molecule has 0 aliphatic rings. The van der Waals surface area contributed by atoms with Crippen LogP contribution in [0.1, 0.15) is 5.56 Å². The monoisotopic (exact) mass is 304 g/mol. The highest BCUT2D eigenvalue weighted by molar-refractivity contribution is 5.56. The van der Waals surface area contributed by atoms with Gasteiger partial charge in [-0.2, -0.15) is 0 Å². The summed E-state index contributed by atoms with van der Waals surface area (Å²) in [5, 5.41) is 9.30. The van der Waals surface area contributed by atoms with Gasteiger partial charge in [0.05, 0.1) is 6.54 Å². The molecule has 112 valence electrons. The van der Waals surface area contributed by atoms with E-state index in [1.54, 1.807) is 22.9 Å². The fraction of sp³-hybridized carbons (Fsp3) is 0.0625. The second kappa shape index (κ2) is 5.55. The van der Waals surface area contributed by atoms with Crippen molar-refractivity contribution in [2.75, 3.05) is 0 Å². The standard InChI is InChI=1S/C16H11F3N2O/c17-13-6-3-11(14(18)15(13)19)9-21-8-7-20-16(21)10-1-4-12(22)5-2-10/h1-8,22H,9H2. The fourth-order valence-electron chi connectivity index (χ4n) is 2.18. The zero-order valence-electron chi connectivity index (χ0n) is 11.3. The first-order chi connectivity index (χ1) is 10.6. The summed E-state index contributed by atoms with van der Waals surface area (Å²) in [4.78, 5) is 4.17. The number of halogens is 3. The lowest BCUT2D eigenvalue weighted by atomic mass is 10.1. The Bertz CT molecular complexity index is 813. The molecule has 22 heavy (non-hydrogen) atoms. The molecule has 6 heteroatoms. The van der Waals surface area contributed by atoms with Crippen molar-refractivity contribution < 1.29 is 18.3 Å². The fourth-order valence-corrected chi connectivity index (χ4v) is 2.18. The number of aromatic nitrogens is 2. The molecule has 0 fully saturated rings. The number of aromatic hydroxyl groups is 1. The molecule has 3 nitrogen and oxygen atoms in total. The van der Waals surface area contributed by atoms with E-state index >= 15 is 0 Å². The second-order valence-corrected chi connectivity index (χ2v) is 4.76. The molecule has 0 bridgehead atoms. The molecule has 1 heterocycles. The zero-order chi connectivity index (χ0) is 15.7. The molecule has 3 rings (SSSR count). The van der Waals surface area contributed by atoms with Gasteiger partial charge in [0.15, 0.2) is 17.5 Å². The zero-order valence-corrected chi connectivity index (χ0v) is 11.3. The van der Waals surface area contributed by atoms with E-state index in [1.165, 1.54) is 24.4 Å². The Hall–Kier alpha value is -2.76. The SMILES string of the molecule is Oc1ccc(-c2nccn2Cc2ccc(F)c(F)c2F)cc1. The van der Waals surface area contributed by atoms with Crippen LogP contribution < -0.4 is 0 Å². The van der Waals surface area contributed by atoms with Gasteiger partial charge in [0.2, 0.25) is 0 Å². The van der Waals surface area contributed by atoms with Gasteiger partial charge in [0.1, 0.15) is 11.6 Å². The predicted molar refractivity (Wildman–Crippen MR) is 74.7 cm³/mol. The van der Waals surface area contributed by atoms with Crippen molar-refractivity contribution in [2.24, 2.45) is 0 Å². The molecule has 1 aromatic heterocycles. The molecule has 0 aliphatic carbocycles. The van der Waals surface area contributed by atoms with Crippen LogP contribution in [-0.2, 0) is 6.54 Å². The largest absolute Gasteiger partial charge is 0.508 e. The summed E-state index contributed by atoms with van der Waals surface area (Å²) in [6, 6.07) is 8.43. The first-order valence-electron chi connectivity index (χ1n) is 6.49. The maximum atomic E-state index is 13.8. The summed E-state index contributed by atoms with van der Waals surface area (Å²) < 4.78 is 41.6. The number of phenolic OH excluding ortho intramolecular Hbond substituents is 1. The molecule has 3 aromatic rings. The van der Waals surface area contributed by atoms with Gasteiger partial charge in [0.25, 0.3) is 0 Å². The average Bonchev–Trinajstić information content (AvgIpc) is 2.97. The molecule has 0 aliphatic heterocycles. The molecule has 0 saturated carbocycles. The van der Waals surface area contributed by atoms with Crippen LogP contribution in [-0.4, -0.2) is 14.7 Å². The van der Waals surface area contributed by atoms with Crippen molar-refractivity contribution in [2.45, 2.75) is 6.54 Å². The van der Waals surface area contributed by atoms with Crippen LogP contribution in [0.5, 0.6) is 5.75 Å². The third-order valence-electron chi connectivity index (χ3n) is 3.30. The van der Waals surface area contributed by atoms with Gasteiger partial charge in [-0.3, -0.25) is 0 Å². The lowest BCUT2D eigenvalue weighted by Gasteiger charge is -2.10. The quantitative estimate of drug-likeness (QED) is 0.749. The summed E-state index contributed by atoms with van der Waals surface area (Å²) in [7, 11) is 0. The maximum absolute atomic E-state index is 13.8. The number of hydrogen-bond acceptors (Lipinski definition) is 2. The molecule has 0 spiro atoms. The van der Waals surface area contributed by atoms with E-state index in [4.69, 9.17) is 0 Å². The summed E-state index contributed by atoms with van der Waals surface area (Å²) >= 11 is 0. The minimum Gasteiger partial charge on any atom is -0.508 e. The van der Waals surface area contributed by atoms with Crippen molar-refractivity contribution in [3.05, 3.63) is 71.8 Å². The highest BCUT2D eigenvalue weighted by atomic mass is 19.2. The number of rotatable bonds is 3. The van der Waals surface area contributed by atoms with Crippen molar-refractivity contribution in [1.29, 1.82) is 0 Å². The predicted octanol–water partition coefficient (Wildman–Crippen LogP) is 3.72. The third-order valence-corrected chi connectivity index (χ3v) is 3.30. The van der Waals surface area contributed by atoms with Crippen LogP contribution in [0.4, 0.5) is 13.2 Å². The van der Waals surface area contributed by atoms with E-state index in [2.05, 4.69) is 4.98 Å². The van der Waals surface area contributed by atoms with Crippen LogP contribution in [0.3, 0.4) is 0 Å². The van der Waals surface area contributed by atoms with E-state index in [9.17, 15) is 18.3 Å². The first-order valence-corrected chi connectivity index (χ1v) is 6.49. The van der Waals surface area contributed by atoms with Crippen LogP contribution in [0, 0.1) is 17.5 Å². The van der Waals surface area contributed by atoms with E-state index in [-0.39, 0.29) is 17.9 Å². The Balaban J connectivity index is 1.96. The smallest absolute Gasteiger partial charge is 0.194 e. The van der Waals surface area contributed by atoms with Gasteiger partial charge in [0, 0.05) is 23.5 Å². The summed E-state index contributed by atoms with van der Waals surface area (Å²) in [6.07, 6.45) is 3.14. The minimum absolute atomic E-state index is 0.0131. The third kappa shape index (κ3) is 2.55. The summed E-state index contributed by atoms with van der Waals surface area (Å²) in [5.74, 6) is -3.25. The first kappa shape index (κ1) is 14.2. The van der Waals surface area contributed by atoms with Crippen LogP contribution in [0.2, 0.25) is 0 Å². The van der Waals surface area contributed by atoms with Gasteiger partial charge in [-0.1, -0.05) is 6.07 Å². The lowest BCUT2D eigenvalue weighted by molar-refractivity contribution is 0.439. The van der Waals surface area contributed by atoms with Crippen molar-refractivity contribution in [3.8, 4) is 17.1 Å². The number of hydrogen-bond donors (Lipinski definition) is 1. The number of nitrogens with zero attached hydrogens (tertiary/aromatic N) is 2. The summed E-state index contributed by atoms with van der Waals surface area (Å²) in [6.45, 7) is 0.0131. The van der Waals surface area contributed by atoms with Gasteiger partial charge in [-0.25, -0.2) is 18.2 Å². The summed E-state index contributed by atoms with van der Waals surface area (Å²) in [5.41, 5.74) is 0.739. The van der Waals surface area contributed by atoms with Crippen LogP contribution in [0.25, 0.3) is 11.4 Å². The molecule has 0 saturated heterocycles. The van der Waals surface area contributed by atoms with E-state index in [0.717, 1.165) is 6.07 Å². The molecule has 1 N–H and O–H groups in total. The minimum atomic E-state index is -1.48. The Morgan fingerprint density at radius 1 is 0.955 bits per heavy atom. The number of imidazole rings is 1. The van der Waals surface area contributed by atoms with E-state index in [0.29, 0.717) is 11.4 Å². The Morgan fingerprint density at radius 2 is 1.68 bits per heavy atom. The Labute approximate surface area is 124 Å². The molecule has 0 radical (unpaired) electrons. The molecular weight excluding hydrogens is 293 g/mol. The number of benzene rings is 2. The molecular formula is C16H11F3N2O. The Morgan fingerprint density at radius 3 is 2.41 bits per heavy atom. The van der Waals surface area contributed by atoms with Gasteiger partial charge < -0.3 is 9.67 Å². The van der Waals surface area contributed by atoms with E-state index in [1.807, 2.05) is 0 Å². The lowest BCUT2D eigenvalue weighted by Crippen LogP contribution is -2.05. The average molecular weight is 304 g/mol.